The second-order valence-corrected chi connectivity index (χ2v) is 5.38. The summed E-state index contributed by atoms with van der Waals surface area (Å²) >= 11 is 0. The second kappa shape index (κ2) is 7.37. The topological polar surface area (TPSA) is 92.4 Å². The van der Waals surface area contributed by atoms with Gasteiger partial charge in [-0.15, -0.1) is 0 Å². The molecule has 0 saturated carbocycles. The molecule has 0 radical (unpaired) electrons. The SMILES string of the molecule is CCCN1CCN(c2nc(NN)nc(OC(C)C)n2)CC1. The Labute approximate surface area is 125 Å². The van der Waals surface area contributed by atoms with Crippen LogP contribution < -0.4 is 20.9 Å². The molecule has 0 atom stereocenters. The smallest absolute Gasteiger partial charge is 0.323 e. The van der Waals surface area contributed by atoms with Crippen molar-refractivity contribution < 1.29 is 4.74 Å². The number of hydrogen-bond acceptors (Lipinski definition) is 8. The number of hydrazine groups is 1. The molecule has 1 fully saturated rings. The van der Waals surface area contributed by atoms with Crippen molar-refractivity contribution in [3.8, 4) is 6.01 Å². The van der Waals surface area contributed by atoms with Gasteiger partial charge < -0.3 is 9.64 Å². The Kier molecular flexibility index (Phi) is 5.51. The van der Waals surface area contributed by atoms with Crippen LogP contribution in [0.25, 0.3) is 0 Å². The first-order valence-electron chi connectivity index (χ1n) is 7.49. The first kappa shape index (κ1) is 15.7. The maximum atomic E-state index is 5.55. The summed E-state index contributed by atoms with van der Waals surface area (Å²) in [6.45, 7) is 11.0. The fourth-order valence-electron chi connectivity index (χ4n) is 2.30. The van der Waals surface area contributed by atoms with Gasteiger partial charge in [0.2, 0.25) is 11.9 Å². The lowest BCUT2D eigenvalue weighted by Crippen LogP contribution is -2.47. The standard InChI is InChI=1S/C13H25N7O/c1-4-5-19-6-8-20(9-7-19)12-15-11(18-14)16-13(17-12)21-10(2)3/h10H,4-9,14H2,1-3H3,(H,15,16,17,18). The molecule has 118 valence electrons. The van der Waals surface area contributed by atoms with Gasteiger partial charge in [0.05, 0.1) is 6.10 Å². The lowest BCUT2D eigenvalue weighted by Gasteiger charge is -2.34. The van der Waals surface area contributed by atoms with Crippen LogP contribution in [0.1, 0.15) is 27.2 Å². The van der Waals surface area contributed by atoms with E-state index >= 15 is 0 Å². The summed E-state index contributed by atoms with van der Waals surface area (Å²) in [6.07, 6.45) is 1.19. The molecule has 8 heteroatoms. The average Bonchev–Trinajstić information content (AvgIpc) is 2.47. The van der Waals surface area contributed by atoms with Gasteiger partial charge in [0.15, 0.2) is 0 Å². The maximum absolute atomic E-state index is 5.55. The van der Waals surface area contributed by atoms with Crippen LogP contribution in [-0.4, -0.2) is 58.7 Å². The molecule has 2 rings (SSSR count). The van der Waals surface area contributed by atoms with Crippen molar-refractivity contribution in [2.75, 3.05) is 43.0 Å². The quantitative estimate of drug-likeness (QED) is 0.578. The molecule has 1 aliphatic rings. The highest BCUT2D eigenvalue weighted by atomic mass is 16.5. The normalized spacial score (nSPS) is 16.3. The number of ether oxygens (including phenoxy) is 1. The Morgan fingerprint density at radius 2 is 1.90 bits per heavy atom. The molecule has 0 spiro atoms. The number of nitrogens with zero attached hydrogens (tertiary/aromatic N) is 5. The van der Waals surface area contributed by atoms with Crippen LogP contribution in [0.3, 0.4) is 0 Å². The van der Waals surface area contributed by atoms with Gasteiger partial charge in [-0.25, -0.2) is 5.84 Å². The van der Waals surface area contributed by atoms with Crippen LogP contribution >= 0.6 is 0 Å². The highest BCUT2D eigenvalue weighted by Crippen LogP contribution is 2.17. The molecule has 1 aliphatic heterocycles. The van der Waals surface area contributed by atoms with E-state index in [2.05, 4.69) is 37.1 Å². The number of nitrogens with two attached hydrogens (primary N) is 1. The monoisotopic (exact) mass is 295 g/mol. The molecule has 8 nitrogen and oxygen atoms in total. The summed E-state index contributed by atoms with van der Waals surface area (Å²) in [4.78, 5) is 17.4. The summed E-state index contributed by atoms with van der Waals surface area (Å²) in [7, 11) is 0. The number of rotatable bonds is 6. The van der Waals surface area contributed by atoms with E-state index in [0.29, 0.717) is 17.9 Å². The summed E-state index contributed by atoms with van der Waals surface area (Å²) in [5.74, 6) is 6.37. The van der Waals surface area contributed by atoms with Gasteiger partial charge in [-0.2, -0.15) is 15.0 Å². The predicted octanol–water partition coefficient (Wildman–Crippen LogP) is 0.476. The molecule has 0 aliphatic carbocycles. The van der Waals surface area contributed by atoms with E-state index in [1.165, 1.54) is 6.42 Å². The van der Waals surface area contributed by atoms with E-state index in [1.807, 2.05) is 13.8 Å². The molecule has 1 aromatic heterocycles. The minimum atomic E-state index is 0.00674. The number of hydrogen-bond donors (Lipinski definition) is 2. The molecule has 2 heterocycles. The number of nitrogens with one attached hydrogen (secondary N) is 1. The van der Waals surface area contributed by atoms with E-state index in [9.17, 15) is 0 Å². The van der Waals surface area contributed by atoms with Crippen LogP contribution in [0.4, 0.5) is 11.9 Å². The first-order valence-corrected chi connectivity index (χ1v) is 7.49. The molecule has 3 N–H and O–H groups in total. The van der Waals surface area contributed by atoms with Crippen LogP contribution in [0, 0.1) is 0 Å². The van der Waals surface area contributed by atoms with Gasteiger partial charge in [-0.05, 0) is 26.8 Å². The van der Waals surface area contributed by atoms with E-state index in [-0.39, 0.29) is 6.10 Å². The number of piperazine rings is 1. The zero-order chi connectivity index (χ0) is 15.2. The highest BCUT2D eigenvalue weighted by molar-refractivity contribution is 5.38. The summed E-state index contributed by atoms with van der Waals surface area (Å²) in [5.41, 5.74) is 2.47. The average molecular weight is 295 g/mol. The van der Waals surface area contributed by atoms with E-state index < -0.39 is 0 Å². The van der Waals surface area contributed by atoms with Gasteiger partial charge in [0.25, 0.3) is 0 Å². The molecule has 1 aromatic rings. The molecular weight excluding hydrogens is 270 g/mol. The van der Waals surface area contributed by atoms with Crippen molar-refractivity contribution in [3.63, 3.8) is 0 Å². The predicted molar refractivity (Wildman–Crippen MR) is 82.3 cm³/mol. The third-order valence-electron chi connectivity index (χ3n) is 3.27. The van der Waals surface area contributed by atoms with Gasteiger partial charge >= 0.3 is 6.01 Å². The van der Waals surface area contributed by atoms with E-state index in [4.69, 9.17) is 10.6 Å². The van der Waals surface area contributed by atoms with Crippen molar-refractivity contribution in [2.24, 2.45) is 5.84 Å². The van der Waals surface area contributed by atoms with Crippen molar-refractivity contribution >= 4 is 11.9 Å². The van der Waals surface area contributed by atoms with Crippen LogP contribution in [-0.2, 0) is 0 Å². The highest BCUT2D eigenvalue weighted by Gasteiger charge is 2.20. The summed E-state index contributed by atoms with van der Waals surface area (Å²) in [6, 6.07) is 0.305. The van der Waals surface area contributed by atoms with E-state index in [0.717, 1.165) is 32.7 Å². The molecule has 0 amide bonds. The van der Waals surface area contributed by atoms with Gasteiger partial charge in [-0.3, -0.25) is 10.3 Å². The van der Waals surface area contributed by atoms with Crippen molar-refractivity contribution in [1.82, 2.24) is 19.9 Å². The number of anilines is 2. The molecule has 21 heavy (non-hydrogen) atoms. The Morgan fingerprint density at radius 3 is 2.48 bits per heavy atom. The largest absolute Gasteiger partial charge is 0.461 e. The third-order valence-corrected chi connectivity index (χ3v) is 3.27. The molecule has 1 saturated heterocycles. The van der Waals surface area contributed by atoms with Crippen molar-refractivity contribution in [3.05, 3.63) is 0 Å². The summed E-state index contributed by atoms with van der Waals surface area (Å²) in [5, 5.41) is 0. The molecule has 0 unspecified atom stereocenters. The number of aromatic nitrogens is 3. The Morgan fingerprint density at radius 1 is 1.19 bits per heavy atom. The first-order chi connectivity index (χ1) is 10.1. The Hall–Kier alpha value is -1.67. The van der Waals surface area contributed by atoms with E-state index in [1.54, 1.807) is 0 Å². The van der Waals surface area contributed by atoms with Crippen LogP contribution in [0.15, 0.2) is 0 Å². The fourth-order valence-corrected chi connectivity index (χ4v) is 2.30. The zero-order valence-electron chi connectivity index (χ0n) is 13.0. The minimum absolute atomic E-state index is 0.00674. The van der Waals surface area contributed by atoms with Crippen LogP contribution in [0.5, 0.6) is 6.01 Å². The lowest BCUT2D eigenvalue weighted by atomic mass is 10.3. The van der Waals surface area contributed by atoms with Crippen molar-refractivity contribution in [2.45, 2.75) is 33.3 Å². The van der Waals surface area contributed by atoms with Gasteiger partial charge in [-0.1, -0.05) is 6.92 Å². The summed E-state index contributed by atoms with van der Waals surface area (Å²) < 4.78 is 5.55. The van der Waals surface area contributed by atoms with Crippen molar-refractivity contribution in [1.29, 1.82) is 0 Å². The fraction of sp³-hybridized carbons (Fsp3) is 0.769. The van der Waals surface area contributed by atoms with Gasteiger partial charge in [0, 0.05) is 26.2 Å². The molecule has 0 bridgehead atoms. The molecule has 0 aromatic carbocycles. The van der Waals surface area contributed by atoms with Crippen LogP contribution in [0.2, 0.25) is 0 Å². The maximum Gasteiger partial charge on any atom is 0.323 e. The number of nitrogen functional groups attached to an aromatic ring is 1. The Bertz CT molecular complexity index is 446. The second-order valence-electron chi connectivity index (χ2n) is 5.38. The lowest BCUT2D eigenvalue weighted by molar-refractivity contribution is 0.221. The third kappa shape index (κ3) is 4.40. The minimum Gasteiger partial charge on any atom is -0.461 e. The molecular formula is C13H25N7O. The van der Waals surface area contributed by atoms with Gasteiger partial charge in [0.1, 0.15) is 0 Å². The zero-order valence-corrected chi connectivity index (χ0v) is 13.0. The Balaban J connectivity index is 2.08.